The molecular weight excluding hydrogens is 274 g/mol. The highest BCUT2D eigenvalue weighted by molar-refractivity contribution is 6.30. The quantitative estimate of drug-likeness (QED) is 0.918. The van der Waals surface area contributed by atoms with Crippen molar-refractivity contribution in [3.05, 3.63) is 40.7 Å². The molecule has 0 spiro atoms. The Kier molecular flexibility index (Phi) is 3.49. The fourth-order valence-electron chi connectivity index (χ4n) is 1.99. The molecule has 1 fully saturated rings. The fraction of sp³-hybridized carbons (Fsp3) is 0.333. The molecule has 1 aromatic carbocycles. The molecule has 1 aliphatic rings. The molecule has 0 unspecified atom stereocenters. The average molecular weight is 290 g/mol. The third-order valence-electron chi connectivity index (χ3n) is 3.33. The molecular formula is C15H16ClN3O. The molecule has 1 aliphatic carbocycles. The molecule has 3 rings (SSSR count). The van der Waals surface area contributed by atoms with Gasteiger partial charge in [0.1, 0.15) is 17.4 Å². The zero-order chi connectivity index (χ0) is 14.1. The van der Waals surface area contributed by atoms with E-state index >= 15 is 0 Å². The normalized spacial score (nSPS) is 14.2. The smallest absolute Gasteiger partial charge is 0.227 e. The van der Waals surface area contributed by atoms with Crippen molar-refractivity contribution in [2.75, 3.05) is 12.4 Å². The van der Waals surface area contributed by atoms with Gasteiger partial charge >= 0.3 is 0 Å². The second kappa shape index (κ2) is 5.29. The molecule has 2 aromatic rings. The van der Waals surface area contributed by atoms with E-state index in [0.29, 0.717) is 16.8 Å². The summed E-state index contributed by atoms with van der Waals surface area (Å²) in [4.78, 5) is 9.10. The highest BCUT2D eigenvalue weighted by atomic mass is 35.5. The molecule has 0 atom stereocenters. The average Bonchev–Trinajstić information content (AvgIpc) is 3.28. The van der Waals surface area contributed by atoms with Gasteiger partial charge in [0.2, 0.25) is 5.88 Å². The Morgan fingerprint density at radius 3 is 2.50 bits per heavy atom. The number of hydrogen-bond acceptors (Lipinski definition) is 4. The summed E-state index contributed by atoms with van der Waals surface area (Å²) in [5.74, 6) is 3.50. The molecule has 0 bridgehead atoms. The first-order chi connectivity index (χ1) is 9.67. The summed E-state index contributed by atoms with van der Waals surface area (Å²) in [7, 11) is 1.86. The lowest BCUT2D eigenvalue weighted by molar-refractivity contribution is 0.455. The Morgan fingerprint density at radius 1 is 1.20 bits per heavy atom. The van der Waals surface area contributed by atoms with E-state index in [1.807, 2.05) is 26.1 Å². The highest BCUT2D eigenvalue weighted by Gasteiger charge is 2.28. The van der Waals surface area contributed by atoms with Crippen LogP contribution in [0.1, 0.15) is 30.1 Å². The van der Waals surface area contributed by atoms with Crippen LogP contribution in [0.4, 0.5) is 5.82 Å². The molecule has 5 heteroatoms. The van der Waals surface area contributed by atoms with Crippen LogP contribution >= 0.6 is 11.6 Å². The third kappa shape index (κ3) is 2.70. The van der Waals surface area contributed by atoms with Crippen molar-refractivity contribution in [1.29, 1.82) is 0 Å². The van der Waals surface area contributed by atoms with E-state index in [4.69, 9.17) is 16.3 Å². The summed E-state index contributed by atoms with van der Waals surface area (Å²) in [6.07, 6.45) is 2.32. The Labute approximate surface area is 123 Å². The van der Waals surface area contributed by atoms with Gasteiger partial charge in [-0.1, -0.05) is 11.6 Å². The number of ether oxygens (including phenoxy) is 1. The molecule has 4 nitrogen and oxygen atoms in total. The van der Waals surface area contributed by atoms with Crippen LogP contribution in [-0.4, -0.2) is 17.0 Å². The summed E-state index contributed by atoms with van der Waals surface area (Å²) in [6, 6.07) is 7.27. The van der Waals surface area contributed by atoms with Gasteiger partial charge in [-0.05, 0) is 44.0 Å². The van der Waals surface area contributed by atoms with Crippen molar-refractivity contribution < 1.29 is 4.74 Å². The monoisotopic (exact) mass is 289 g/mol. The van der Waals surface area contributed by atoms with Crippen LogP contribution in [0.5, 0.6) is 11.6 Å². The first-order valence-corrected chi connectivity index (χ1v) is 7.05. The van der Waals surface area contributed by atoms with Crippen molar-refractivity contribution in [2.24, 2.45) is 0 Å². The molecule has 1 saturated carbocycles. The molecule has 1 aromatic heterocycles. The fourth-order valence-corrected chi connectivity index (χ4v) is 2.12. The molecule has 1 N–H and O–H groups in total. The van der Waals surface area contributed by atoms with Gasteiger partial charge in [0, 0.05) is 18.0 Å². The number of aromatic nitrogens is 2. The predicted octanol–water partition coefficient (Wildman–Crippen LogP) is 4.15. The summed E-state index contributed by atoms with van der Waals surface area (Å²) in [5.41, 5.74) is 0.909. The molecule has 20 heavy (non-hydrogen) atoms. The van der Waals surface area contributed by atoms with Crippen LogP contribution < -0.4 is 10.1 Å². The first kappa shape index (κ1) is 13.2. The van der Waals surface area contributed by atoms with Crippen molar-refractivity contribution >= 4 is 17.4 Å². The van der Waals surface area contributed by atoms with Gasteiger partial charge in [-0.15, -0.1) is 0 Å². The Hall–Kier alpha value is -1.81. The van der Waals surface area contributed by atoms with Crippen LogP contribution in [0.2, 0.25) is 5.02 Å². The lowest BCUT2D eigenvalue weighted by Gasteiger charge is -2.12. The number of nitrogens with one attached hydrogen (secondary N) is 1. The minimum absolute atomic E-state index is 0.482. The molecule has 1 heterocycles. The Morgan fingerprint density at radius 2 is 1.90 bits per heavy atom. The number of anilines is 1. The van der Waals surface area contributed by atoms with Gasteiger partial charge in [0.05, 0.1) is 5.56 Å². The van der Waals surface area contributed by atoms with E-state index < -0.39 is 0 Å². The van der Waals surface area contributed by atoms with Gasteiger partial charge in [0.15, 0.2) is 0 Å². The number of halogens is 1. The van der Waals surface area contributed by atoms with Gasteiger partial charge in [0.25, 0.3) is 0 Å². The van der Waals surface area contributed by atoms with Crippen molar-refractivity contribution in [3.8, 4) is 11.6 Å². The Bertz CT molecular complexity index is 624. The number of rotatable bonds is 4. The van der Waals surface area contributed by atoms with Crippen LogP contribution in [0.15, 0.2) is 24.3 Å². The van der Waals surface area contributed by atoms with Gasteiger partial charge in [-0.25, -0.2) is 4.98 Å². The molecule has 0 aliphatic heterocycles. The van der Waals surface area contributed by atoms with E-state index in [1.54, 1.807) is 12.1 Å². The minimum atomic E-state index is 0.482. The number of nitrogens with zero attached hydrogens (tertiary/aromatic N) is 2. The summed E-state index contributed by atoms with van der Waals surface area (Å²) >= 11 is 5.88. The van der Waals surface area contributed by atoms with Gasteiger partial charge in [-0.3, -0.25) is 0 Å². The lowest BCUT2D eigenvalue weighted by atomic mass is 10.3. The molecule has 0 radical (unpaired) electrons. The second-order valence-corrected chi connectivity index (χ2v) is 5.38. The van der Waals surface area contributed by atoms with E-state index in [1.165, 1.54) is 0 Å². The third-order valence-corrected chi connectivity index (χ3v) is 3.58. The minimum Gasteiger partial charge on any atom is -0.439 e. The maximum atomic E-state index is 5.88. The zero-order valence-electron chi connectivity index (χ0n) is 11.5. The first-order valence-electron chi connectivity index (χ1n) is 6.67. The maximum Gasteiger partial charge on any atom is 0.227 e. The van der Waals surface area contributed by atoms with Crippen LogP contribution in [0, 0.1) is 6.92 Å². The van der Waals surface area contributed by atoms with E-state index in [2.05, 4.69) is 15.3 Å². The Balaban J connectivity index is 1.94. The largest absolute Gasteiger partial charge is 0.439 e. The standard InChI is InChI=1S/C15H16ClN3O/c1-9-13(17-2)18-14(10-3-4-10)19-15(9)20-12-7-5-11(16)6-8-12/h5-8,10H,3-4H2,1-2H3,(H,17,18,19). The highest BCUT2D eigenvalue weighted by Crippen LogP contribution is 2.40. The van der Waals surface area contributed by atoms with Crippen molar-refractivity contribution in [2.45, 2.75) is 25.7 Å². The van der Waals surface area contributed by atoms with Crippen LogP contribution in [0.25, 0.3) is 0 Å². The van der Waals surface area contributed by atoms with Crippen molar-refractivity contribution in [3.63, 3.8) is 0 Å². The predicted molar refractivity (Wildman–Crippen MR) is 79.8 cm³/mol. The lowest BCUT2D eigenvalue weighted by Crippen LogP contribution is -2.04. The molecule has 104 valence electrons. The van der Waals surface area contributed by atoms with Crippen molar-refractivity contribution in [1.82, 2.24) is 9.97 Å². The number of benzene rings is 1. The summed E-state index contributed by atoms with van der Waals surface area (Å²) in [5, 5.41) is 3.79. The van der Waals surface area contributed by atoms with E-state index in [-0.39, 0.29) is 0 Å². The molecule has 0 amide bonds. The summed E-state index contributed by atoms with van der Waals surface area (Å²) in [6.45, 7) is 1.95. The maximum absolute atomic E-state index is 5.88. The second-order valence-electron chi connectivity index (χ2n) is 4.94. The molecule has 0 saturated heterocycles. The summed E-state index contributed by atoms with van der Waals surface area (Å²) < 4.78 is 5.88. The van der Waals surface area contributed by atoms with E-state index in [9.17, 15) is 0 Å². The number of hydrogen-bond donors (Lipinski definition) is 1. The zero-order valence-corrected chi connectivity index (χ0v) is 12.2. The van der Waals surface area contributed by atoms with Gasteiger partial charge in [-0.2, -0.15) is 4.98 Å². The topological polar surface area (TPSA) is 47.0 Å². The van der Waals surface area contributed by atoms with Crippen LogP contribution in [-0.2, 0) is 0 Å². The van der Waals surface area contributed by atoms with E-state index in [0.717, 1.165) is 35.8 Å². The SMILES string of the molecule is CNc1nc(C2CC2)nc(Oc2ccc(Cl)cc2)c1C. The van der Waals surface area contributed by atoms with Crippen LogP contribution in [0.3, 0.4) is 0 Å². The van der Waals surface area contributed by atoms with Gasteiger partial charge < -0.3 is 10.1 Å².